The molecule has 0 aromatic heterocycles. The molecule has 0 heterocycles. The molecule has 0 spiro atoms. The second-order valence-corrected chi connectivity index (χ2v) is 5.32. The number of carbonyl (C=O) groups is 1. The van der Waals surface area contributed by atoms with E-state index in [0.717, 1.165) is 11.6 Å². The monoisotopic (exact) mass is 342 g/mol. The Morgan fingerprint density at radius 3 is 2.52 bits per heavy atom. The Kier molecular flexibility index (Phi) is 5.15. The quantitative estimate of drug-likeness (QED) is 0.844. The van der Waals surface area contributed by atoms with Gasteiger partial charge in [0.2, 0.25) is 5.91 Å². The SMILES string of the molecule is Cc1ccc(NC(=O)CNc2ccccc2C(F)(F)F)cc1Cl. The van der Waals surface area contributed by atoms with Crippen LogP contribution in [-0.2, 0) is 11.0 Å². The second kappa shape index (κ2) is 6.91. The van der Waals surface area contributed by atoms with Gasteiger partial charge in [-0.2, -0.15) is 13.2 Å². The van der Waals surface area contributed by atoms with Gasteiger partial charge in [0.05, 0.1) is 12.1 Å². The zero-order valence-corrected chi connectivity index (χ0v) is 12.9. The van der Waals surface area contributed by atoms with Gasteiger partial charge in [-0.05, 0) is 36.8 Å². The van der Waals surface area contributed by atoms with Crippen molar-refractivity contribution in [3.05, 3.63) is 58.6 Å². The number of halogens is 4. The number of anilines is 2. The topological polar surface area (TPSA) is 41.1 Å². The fraction of sp³-hybridized carbons (Fsp3) is 0.188. The molecule has 0 aliphatic carbocycles. The van der Waals surface area contributed by atoms with Crippen LogP contribution in [0.5, 0.6) is 0 Å². The van der Waals surface area contributed by atoms with Crippen LogP contribution < -0.4 is 10.6 Å². The molecule has 0 atom stereocenters. The molecule has 7 heteroatoms. The number of carbonyl (C=O) groups excluding carboxylic acids is 1. The number of hydrogen-bond acceptors (Lipinski definition) is 2. The summed E-state index contributed by atoms with van der Waals surface area (Å²) in [6.45, 7) is 1.53. The van der Waals surface area contributed by atoms with Gasteiger partial charge >= 0.3 is 6.18 Å². The van der Waals surface area contributed by atoms with E-state index in [9.17, 15) is 18.0 Å². The maximum atomic E-state index is 12.8. The van der Waals surface area contributed by atoms with Crippen molar-refractivity contribution in [3.63, 3.8) is 0 Å². The maximum Gasteiger partial charge on any atom is 0.418 e. The van der Waals surface area contributed by atoms with Crippen LogP contribution in [0.3, 0.4) is 0 Å². The van der Waals surface area contributed by atoms with Crippen LogP contribution in [0.25, 0.3) is 0 Å². The van der Waals surface area contributed by atoms with Crippen molar-refractivity contribution in [2.75, 3.05) is 17.2 Å². The van der Waals surface area contributed by atoms with Crippen molar-refractivity contribution in [1.82, 2.24) is 0 Å². The lowest BCUT2D eigenvalue weighted by Crippen LogP contribution is -2.23. The van der Waals surface area contributed by atoms with Gasteiger partial charge in [-0.25, -0.2) is 0 Å². The van der Waals surface area contributed by atoms with Crippen LogP contribution in [-0.4, -0.2) is 12.5 Å². The standard InChI is InChI=1S/C16H14ClF3N2O/c1-10-6-7-11(8-13(10)17)22-15(23)9-21-14-5-3-2-4-12(14)16(18,19)20/h2-8,21H,9H2,1H3,(H,22,23). The minimum atomic E-state index is -4.48. The van der Waals surface area contributed by atoms with Gasteiger partial charge in [0.1, 0.15) is 0 Å². The Morgan fingerprint density at radius 2 is 1.87 bits per heavy atom. The number of aryl methyl sites for hydroxylation is 1. The molecule has 0 unspecified atom stereocenters. The predicted octanol–water partition coefficient (Wildman–Crippen LogP) is 4.72. The zero-order valence-electron chi connectivity index (χ0n) is 12.2. The highest BCUT2D eigenvalue weighted by Gasteiger charge is 2.33. The molecule has 0 aliphatic heterocycles. The maximum absolute atomic E-state index is 12.8. The lowest BCUT2D eigenvalue weighted by Gasteiger charge is -2.14. The van der Waals surface area contributed by atoms with E-state index in [0.29, 0.717) is 10.7 Å². The van der Waals surface area contributed by atoms with E-state index in [1.807, 2.05) is 6.92 Å². The summed E-state index contributed by atoms with van der Waals surface area (Å²) in [6.07, 6.45) is -4.48. The molecule has 2 rings (SSSR count). The third kappa shape index (κ3) is 4.63. The fourth-order valence-corrected chi connectivity index (χ4v) is 2.12. The van der Waals surface area contributed by atoms with E-state index in [4.69, 9.17) is 11.6 Å². The van der Waals surface area contributed by atoms with Gasteiger partial charge in [-0.15, -0.1) is 0 Å². The Hall–Kier alpha value is -2.21. The van der Waals surface area contributed by atoms with Crippen LogP contribution in [0.1, 0.15) is 11.1 Å². The van der Waals surface area contributed by atoms with E-state index >= 15 is 0 Å². The molecule has 2 aromatic carbocycles. The first-order chi connectivity index (χ1) is 10.8. The lowest BCUT2D eigenvalue weighted by atomic mass is 10.1. The molecule has 0 radical (unpaired) electrons. The van der Waals surface area contributed by atoms with Gasteiger partial charge in [0.25, 0.3) is 0 Å². The zero-order chi connectivity index (χ0) is 17.0. The minimum absolute atomic E-state index is 0.142. The number of benzene rings is 2. The molecule has 0 aliphatic rings. The number of alkyl halides is 3. The summed E-state index contributed by atoms with van der Waals surface area (Å²) >= 11 is 5.95. The summed E-state index contributed by atoms with van der Waals surface area (Å²) in [5, 5.41) is 5.57. The summed E-state index contributed by atoms with van der Waals surface area (Å²) in [7, 11) is 0. The lowest BCUT2D eigenvalue weighted by molar-refractivity contribution is -0.137. The third-order valence-electron chi connectivity index (χ3n) is 3.13. The third-order valence-corrected chi connectivity index (χ3v) is 3.53. The summed E-state index contributed by atoms with van der Waals surface area (Å²) < 4.78 is 38.5. The molecule has 2 N–H and O–H groups in total. The minimum Gasteiger partial charge on any atom is -0.376 e. The molecule has 23 heavy (non-hydrogen) atoms. The largest absolute Gasteiger partial charge is 0.418 e. The van der Waals surface area contributed by atoms with Crippen molar-refractivity contribution in [1.29, 1.82) is 0 Å². The number of rotatable bonds is 4. The van der Waals surface area contributed by atoms with Crippen LogP contribution >= 0.6 is 11.6 Å². The fourth-order valence-electron chi connectivity index (χ4n) is 1.94. The number of amides is 1. The highest BCUT2D eigenvalue weighted by Crippen LogP contribution is 2.34. The Labute approximate surface area is 136 Å². The summed E-state index contributed by atoms with van der Waals surface area (Å²) in [5.74, 6) is -0.470. The highest BCUT2D eigenvalue weighted by molar-refractivity contribution is 6.31. The van der Waals surface area contributed by atoms with Crippen molar-refractivity contribution >= 4 is 28.9 Å². The van der Waals surface area contributed by atoms with Gasteiger partial charge in [0.15, 0.2) is 0 Å². The van der Waals surface area contributed by atoms with Crippen LogP contribution in [0.4, 0.5) is 24.5 Å². The first kappa shape index (κ1) is 17.1. The van der Waals surface area contributed by atoms with Crippen LogP contribution in [0.2, 0.25) is 5.02 Å². The summed E-state index contributed by atoms with van der Waals surface area (Å²) in [6, 6.07) is 9.99. The molecule has 0 saturated heterocycles. The number of hydrogen-bond donors (Lipinski definition) is 2. The first-order valence-electron chi connectivity index (χ1n) is 6.73. The number of para-hydroxylation sites is 1. The average molecular weight is 343 g/mol. The summed E-state index contributed by atoms with van der Waals surface area (Å²) in [5.41, 5.74) is 0.390. The molecular formula is C16H14ClF3N2O. The van der Waals surface area contributed by atoms with Gasteiger partial charge in [-0.1, -0.05) is 29.8 Å². The normalized spacial score (nSPS) is 11.2. The molecule has 0 bridgehead atoms. The van der Waals surface area contributed by atoms with E-state index in [2.05, 4.69) is 10.6 Å². The Balaban J connectivity index is 2.01. The van der Waals surface area contributed by atoms with Crippen LogP contribution in [0.15, 0.2) is 42.5 Å². The predicted molar refractivity (Wildman–Crippen MR) is 84.8 cm³/mol. The Bertz CT molecular complexity index is 717. The highest BCUT2D eigenvalue weighted by atomic mass is 35.5. The first-order valence-corrected chi connectivity index (χ1v) is 7.11. The van der Waals surface area contributed by atoms with Crippen LogP contribution in [0, 0.1) is 6.92 Å². The van der Waals surface area contributed by atoms with E-state index < -0.39 is 17.6 Å². The molecule has 3 nitrogen and oxygen atoms in total. The van der Waals surface area contributed by atoms with E-state index in [1.165, 1.54) is 18.2 Å². The Morgan fingerprint density at radius 1 is 1.17 bits per heavy atom. The van der Waals surface area contributed by atoms with Gasteiger partial charge in [0, 0.05) is 16.4 Å². The van der Waals surface area contributed by atoms with Gasteiger partial charge < -0.3 is 10.6 Å². The van der Waals surface area contributed by atoms with Crippen molar-refractivity contribution < 1.29 is 18.0 Å². The molecule has 0 fully saturated rings. The van der Waals surface area contributed by atoms with E-state index in [-0.39, 0.29) is 12.2 Å². The molecule has 2 aromatic rings. The second-order valence-electron chi connectivity index (χ2n) is 4.91. The van der Waals surface area contributed by atoms with Crippen molar-refractivity contribution in [3.8, 4) is 0 Å². The molecule has 1 amide bonds. The van der Waals surface area contributed by atoms with Crippen molar-refractivity contribution in [2.24, 2.45) is 0 Å². The van der Waals surface area contributed by atoms with Crippen molar-refractivity contribution in [2.45, 2.75) is 13.1 Å². The molecular weight excluding hydrogens is 329 g/mol. The average Bonchev–Trinajstić information content (AvgIpc) is 2.48. The summed E-state index contributed by atoms with van der Waals surface area (Å²) in [4.78, 5) is 11.8. The smallest absolute Gasteiger partial charge is 0.376 e. The number of nitrogens with one attached hydrogen (secondary N) is 2. The van der Waals surface area contributed by atoms with Gasteiger partial charge in [-0.3, -0.25) is 4.79 Å². The molecule has 0 saturated carbocycles. The molecule has 122 valence electrons. The van der Waals surface area contributed by atoms with E-state index in [1.54, 1.807) is 18.2 Å².